The number of hydrogen-bond acceptors (Lipinski definition) is 3. The molecule has 0 saturated carbocycles. The molecule has 2 heterocycles. The number of benzene rings is 2. The van der Waals surface area contributed by atoms with Crippen molar-refractivity contribution in [3.63, 3.8) is 0 Å². The summed E-state index contributed by atoms with van der Waals surface area (Å²) in [6, 6.07) is 21.2. The Balaban J connectivity index is 1.64. The van der Waals surface area contributed by atoms with Gasteiger partial charge >= 0.3 is 0 Å². The van der Waals surface area contributed by atoms with Crippen molar-refractivity contribution in [1.82, 2.24) is 0 Å². The van der Waals surface area contributed by atoms with E-state index in [9.17, 15) is 0 Å². The van der Waals surface area contributed by atoms with Crippen molar-refractivity contribution in [2.75, 3.05) is 13.2 Å². The lowest BCUT2D eigenvalue weighted by molar-refractivity contribution is -0.0504. The summed E-state index contributed by atoms with van der Waals surface area (Å²) < 4.78 is 18.4. The van der Waals surface area contributed by atoms with E-state index in [1.807, 2.05) is 0 Å². The Morgan fingerprint density at radius 3 is 1.41 bits per heavy atom. The molecule has 2 aromatic carbocycles. The fourth-order valence-corrected chi connectivity index (χ4v) is 4.06. The molecule has 0 N–H and O–H groups in total. The standard InChI is InChI=1S/C26H30O3/c1-3-11-21(19-13-7-5-8-14-19)25(23-17-27-23)29-26(24-18-28-24)22(12-4-2)20-15-9-6-10-16-20/h3-16,21-26H,17-18H2,1-2H3. The highest BCUT2D eigenvalue weighted by atomic mass is 16.6. The molecule has 0 amide bonds. The molecule has 2 aromatic rings. The highest BCUT2D eigenvalue weighted by molar-refractivity contribution is 5.29. The fraction of sp³-hybridized carbons (Fsp3) is 0.385. The molecule has 0 aromatic heterocycles. The van der Waals surface area contributed by atoms with Gasteiger partial charge in [-0.3, -0.25) is 0 Å². The molecule has 2 saturated heterocycles. The van der Waals surface area contributed by atoms with Gasteiger partial charge in [-0.15, -0.1) is 0 Å². The van der Waals surface area contributed by atoms with Gasteiger partial charge in [0.15, 0.2) is 0 Å². The van der Waals surface area contributed by atoms with E-state index < -0.39 is 0 Å². The minimum absolute atomic E-state index is 0.0423. The van der Waals surface area contributed by atoms with Gasteiger partial charge in [0.2, 0.25) is 0 Å². The van der Waals surface area contributed by atoms with Gasteiger partial charge in [0.1, 0.15) is 12.2 Å². The monoisotopic (exact) mass is 390 g/mol. The zero-order valence-corrected chi connectivity index (χ0v) is 17.2. The second-order valence-corrected chi connectivity index (χ2v) is 7.73. The van der Waals surface area contributed by atoms with Crippen LogP contribution in [0.15, 0.2) is 85.0 Å². The maximum atomic E-state index is 6.88. The van der Waals surface area contributed by atoms with Crippen LogP contribution in [0.1, 0.15) is 36.8 Å². The zero-order valence-electron chi connectivity index (χ0n) is 17.2. The molecule has 3 nitrogen and oxygen atoms in total. The summed E-state index contributed by atoms with van der Waals surface area (Å²) in [5.41, 5.74) is 2.51. The van der Waals surface area contributed by atoms with E-state index in [2.05, 4.69) is 98.8 Å². The molecular weight excluding hydrogens is 360 g/mol. The van der Waals surface area contributed by atoms with E-state index in [1.54, 1.807) is 0 Å². The van der Waals surface area contributed by atoms with E-state index >= 15 is 0 Å². The Morgan fingerprint density at radius 1 is 0.724 bits per heavy atom. The van der Waals surface area contributed by atoms with Crippen molar-refractivity contribution in [2.24, 2.45) is 0 Å². The lowest BCUT2D eigenvalue weighted by Gasteiger charge is -2.32. The van der Waals surface area contributed by atoms with Crippen molar-refractivity contribution in [1.29, 1.82) is 0 Å². The van der Waals surface area contributed by atoms with Gasteiger partial charge in [-0.2, -0.15) is 0 Å². The quantitative estimate of drug-likeness (QED) is 0.410. The molecule has 6 unspecified atom stereocenters. The van der Waals surface area contributed by atoms with Gasteiger partial charge < -0.3 is 14.2 Å². The topological polar surface area (TPSA) is 34.3 Å². The van der Waals surface area contributed by atoms with E-state index in [1.165, 1.54) is 11.1 Å². The second kappa shape index (κ2) is 9.53. The molecular formula is C26H30O3. The van der Waals surface area contributed by atoms with Crippen molar-refractivity contribution in [3.05, 3.63) is 96.1 Å². The average Bonchev–Trinajstić information content (AvgIpc) is 3.67. The van der Waals surface area contributed by atoms with Crippen LogP contribution in [0.3, 0.4) is 0 Å². The first-order chi connectivity index (χ1) is 14.3. The first kappa shape index (κ1) is 20.1. The van der Waals surface area contributed by atoms with Crippen molar-refractivity contribution >= 4 is 0 Å². The third kappa shape index (κ3) is 5.05. The highest BCUT2D eigenvalue weighted by Crippen LogP contribution is 2.38. The van der Waals surface area contributed by atoms with Crippen LogP contribution in [0, 0.1) is 0 Å². The number of allylic oxidation sites excluding steroid dienone is 2. The summed E-state index contributed by atoms with van der Waals surface area (Å²) in [6.45, 7) is 5.64. The van der Waals surface area contributed by atoms with Crippen LogP contribution in [0.5, 0.6) is 0 Å². The van der Waals surface area contributed by atoms with Crippen LogP contribution in [-0.2, 0) is 14.2 Å². The summed E-state index contributed by atoms with van der Waals surface area (Å²) in [4.78, 5) is 0. The number of rotatable bonds is 10. The predicted molar refractivity (Wildman–Crippen MR) is 116 cm³/mol. The summed E-state index contributed by atoms with van der Waals surface area (Å²) in [7, 11) is 0. The summed E-state index contributed by atoms with van der Waals surface area (Å²) in [6.07, 6.45) is 8.86. The summed E-state index contributed by atoms with van der Waals surface area (Å²) in [5, 5.41) is 0. The van der Waals surface area contributed by atoms with Crippen molar-refractivity contribution < 1.29 is 14.2 Å². The molecule has 0 spiro atoms. The van der Waals surface area contributed by atoms with E-state index in [4.69, 9.17) is 14.2 Å². The molecule has 152 valence electrons. The third-order valence-electron chi connectivity index (χ3n) is 5.64. The molecule has 4 rings (SSSR count). The first-order valence-electron chi connectivity index (χ1n) is 10.6. The van der Waals surface area contributed by atoms with E-state index in [0.29, 0.717) is 0 Å². The first-order valence-corrected chi connectivity index (χ1v) is 10.6. The minimum atomic E-state index is -0.0423. The Hall–Kier alpha value is -2.20. The maximum absolute atomic E-state index is 6.88. The Bertz CT molecular complexity index is 737. The molecule has 29 heavy (non-hydrogen) atoms. The predicted octanol–water partition coefficient (Wildman–Crippen LogP) is 5.26. The van der Waals surface area contributed by atoms with Crippen LogP contribution in [0.25, 0.3) is 0 Å². The molecule has 0 bridgehead atoms. The van der Waals surface area contributed by atoms with Gasteiger partial charge in [0, 0.05) is 11.8 Å². The van der Waals surface area contributed by atoms with Crippen LogP contribution in [0.2, 0.25) is 0 Å². The van der Waals surface area contributed by atoms with E-state index in [-0.39, 0.29) is 36.3 Å². The summed E-state index contributed by atoms with van der Waals surface area (Å²) in [5.74, 6) is 0.300. The van der Waals surface area contributed by atoms with Crippen molar-refractivity contribution in [3.8, 4) is 0 Å². The Labute approximate surface area is 174 Å². The molecule has 0 radical (unpaired) electrons. The van der Waals surface area contributed by atoms with Gasteiger partial charge in [-0.05, 0) is 25.0 Å². The molecule has 2 fully saturated rings. The van der Waals surface area contributed by atoms with Crippen molar-refractivity contribution in [2.45, 2.75) is 50.1 Å². The number of ether oxygens (including phenoxy) is 3. The van der Waals surface area contributed by atoms with Gasteiger partial charge in [0.25, 0.3) is 0 Å². The van der Waals surface area contributed by atoms with Crippen LogP contribution in [0.4, 0.5) is 0 Å². The van der Waals surface area contributed by atoms with Crippen LogP contribution in [-0.4, -0.2) is 37.6 Å². The van der Waals surface area contributed by atoms with Gasteiger partial charge in [0.05, 0.1) is 25.4 Å². The number of hydrogen-bond donors (Lipinski definition) is 0. The lowest BCUT2D eigenvalue weighted by Crippen LogP contribution is -2.37. The zero-order chi connectivity index (χ0) is 20.1. The smallest absolute Gasteiger partial charge is 0.108 e. The molecule has 0 aliphatic carbocycles. The molecule has 2 aliphatic rings. The van der Waals surface area contributed by atoms with Gasteiger partial charge in [-0.25, -0.2) is 0 Å². The normalized spacial score (nSPS) is 25.0. The number of epoxide rings is 2. The van der Waals surface area contributed by atoms with E-state index in [0.717, 1.165) is 13.2 Å². The highest BCUT2D eigenvalue weighted by Gasteiger charge is 2.46. The Kier molecular flexibility index (Phi) is 6.60. The Morgan fingerprint density at radius 2 is 1.10 bits per heavy atom. The fourth-order valence-electron chi connectivity index (χ4n) is 4.06. The largest absolute Gasteiger partial charge is 0.370 e. The molecule has 2 aliphatic heterocycles. The van der Waals surface area contributed by atoms with Gasteiger partial charge in [-0.1, -0.05) is 85.0 Å². The average molecular weight is 391 g/mol. The van der Waals surface area contributed by atoms with Crippen LogP contribution >= 0.6 is 0 Å². The SMILES string of the molecule is CC=CC(c1ccccc1)C(OC(C1CO1)C(C=CC)c1ccccc1)C1CO1. The third-order valence-corrected chi connectivity index (χ3v) is 5.64. The maximum Gasteiger partial charge on any atom is 0.108 e. The molecule has 3 heteroatoms. The minimum Gasteiger partial charge on any atom is -0.370 e. The second-order valence-electron chi connectivity index (χ2n) is 7.73. The van der Waals surface area contributed by atoms with Crippen LogP contribution < -0.4 is 0 Å². The lowest BCUT2D eigenvalue weighted by atomic mass is 9.88. The molecule has 6 atom stereocenters. The summed E-state index contributed by atoms with van der Waals surface area (Å²) >= 11 is 0.